The summed E-state index contributed by atoms with van der Waals surface area (Å²) >= 11 is 1.99. The SMILES string of the molecule is CCNC(=NCCCOCC1CC1)NC1CCC(SC)C1.I. The lowest BCUT2D eigenvalue weighted by molar-refractivity contribution is 0.123. The second kappa shape index (κ2) is 11.8. The van der Waals surface area contributed by atoms with Gasteiger partial charge in [0.15, 0.2) is 5.96 Å². The van der Waals surface area contributed by atoms with Crippen LogP contribution in [0.3, 0.4) is 0 Å². The molecule has 2 aliphatic carbocycles. The van der Waals surface area contributed by atoms with Crippen LogP contribution in [0.5, 0.6) is 0 Å². The van der Waals surface area contributed by atoms with Gasteiger partial charge in [0, 0.05) is 37.6 Å². The van der Waals surface area contributed by atoms with Crippen LogP contribution < -0.4 is 10.6 Å². The summed E-state index contributed by atoms with van der Waals surface area (Å²) < 4.78 is 5.65. The molecule has 0 bridgehead atoms. The predicted molar refractivity (Wildman–Crippen MR) is 108 cm³/mol. The molecule has 0 aromatic rings. The smallest absolute Gasteiger partial charge is 0.191 e. The van der Waals surface area contributed by atoms with Crippen molar-refractivity contribution < 1.29 is 4.74 Å². The molecule has 0 aromatic heterocycles. The van der Waals surface area contributed by atoms with Gasteiger partial charge in [0.2, 0.25) is 0 Å². The molecule has 130 valence electrons. The highest BCUT2D eigenvalue weighted by Crippen LogP contribution is 2.29. The van der Waals surface area contributed by atoms with Crippen molar-refractivity contribution in [1.82, 2.24) is 10.6 Å². The van der Waals surface area contributed by atoms with E-state index in [2.05, 4.69) is 28.8 Å². The largest absolute Gasteiger partial charge is 0.381 e. The molecule has 2 fully saturated rings. The Morgan fingerprint density at radius 2 is 2.09 bits per heavy atom. The number of aliphatic imine (C=N–C) groups is 1. The minimum atomic E-state index is 0. The van der Waals surface area contributed by atoms with Crippen LogP contribution in [0.4, 0.5) is 0 Å². The van der Waals surface area contributed by atoms with Gasteiger partial charge in [-0.15, -0.1) is 24.0 Å². The number of thioether (sulfide) groups is 1. The van der Waals surface area contributed by atoms with E-state index in [9.17, 15) is 0 Å². The molecular weight excluding hydrogens is 409 g/mol. The quantitative estimate of drug-likeness (QED) is 0.250. The Hall–Kier alpha value is 0.310. The second-order valence-electron chi connectivity index (χ2n) is 6.14. The maximum atomic E-state index is 5.65. The van der Waals surface area contributed by atoms with Crippen molar-refractivity contribution in [3.05, 3.63) is 0 Å². The molecule has 2 saturated carbocycles. The monoisotopic (exact) mass is 441 g/mol. The topological polar surface area (TPSA) is 45.7 Å². The van der Waals surface area contributed by atoms with Crippen LogP contribution in [-0.2, 0) is 4.74 Å². The summed E-state index contributed by atoms with van der Waals surface area (Å²) in [6.07, 6.45) is 9.81. The van der Waals surface area contributed by atoms with Gasteiger partial charge in [-0.25, -0.2) is 0 Å². The van der Waals surface area contributed by atoms with Gasteiger partial charge < -0.3 is 15.4 Å². The third kappa shape index (κ3) is 8.24. The Morgan fingerprint density at radius 1 is 1.27 bits per heavy atom. The van der Waals surface area contributed by atoms with Crippen molar-refractivity contribution in [2.45, 2.75) is 56.7 Å². The van der Waals surface area contributed by atoms with E-state index in [1.807, 2.05) is 11.8 Å². The van der Waals surface area contributed by atoms with Crippen LogP contribution in [0.15, 0.2) is 4.99 Å². The number of rotatable bonds is 9. The fraction of sp³-hybridized carbons (Fsp3) is 0.938. The maximum Gasteiger partial charge on any atom is 0.191 e. The van der Waals surface area contributed by atoms with Gasteiger partial charge >= 0.3 is 0 Å². The van der Waals surface area contributed by atoms with Crippen molar-refractivity contribution in [1.29, 1.82) is 0 Å². The van der Waals surface area contributed by atoms with Gasteiger partial charge in [-0.05, 0) is 57.6 Å². The highest BCUT2D eigenvalue weighted by molar-refractivity contribution is 14.0. The molecule has 22 heavy (non-hydrogen) atoms. The zero-order valence-corrected chi connectivity index (χ0v) is 17.1. The van der Waals surface area contributed by atoms with Crippen LogP contribution >= 0.6 is 35.7 Å². The molecule has 0 aromatic carbocycles. The third-order valence-electron chi connectivity index (χ3n) is 4.17. The Labute approximate surface area is 157 Å². The Morgan fingerprint density at radius 3 is 2.73 bits per heavy atom. The van der Waals surface area contributed by atoms with Crippen LogP contribution in [0.2, 0.25) is 0 Å². The van der Waals surface area contributed by atoms with E-state index in [1.165, 1.54) is 32.1 Å². The molecule has 0 spiro atoms. The maximum absolute atomic E-state index is 5.65. The van der Waals surface area contributed by atoms with Crippen LogP contribution in [0, 0.1) is 5.92 Å². The van der Waals surface area contributed by atoms with Gasteiger partial charge in [0.25, 0.3) is 0 Å². The highest BCUT2D eigenvalue weighted by atomic mass is 127. The lowest BCUT2D eigenvalue weighted by Gasteiger charge is -2.17. The molecule has 0 saturated heterocycles. The molecule has 2 atom stereocenters. The van der Waals surface area contributed by atoms with Crippen molar-refractivity contribution in [2.75, 3.05) is 32.6 Å². The molecule has 0 radical (unpaired) electrons. The molecule has 2 unspecified atom stereocenters. The van der Waals surface area contributed by atoms with E-state index in [-0.39, 0.29) is 24.0 Å². The first-order valence-electron chi connectivity index (χ1n) is 8.47. The summed E-state index contributed by atoms with van der Waals surface area (Å²) in [5.74, 6) is 1.84. The second-order valence-corrected chi connectivity index (χ2v) is 7.28. The van der Waals surface area contributed by atoms with E-state index in [1.54, 1.807) is 0 Å². The normalized spacial score (nSPS) is 24.9. The summed E-state index contributed by atoms with van der Waals surface area (Å²) in [4.78, 5) is 4.67. The fourth-order valence-electron chi connectivity index (χ4n) is 2.69. The fourth-order valence-corrected chi connectivity index (χ4v) is 3.49. The van der Waals surface area contributed by atoms with Crippen LogP contribution in [-0.4, -0.2) is 49.8 Å². The van der Waals surface area contributed by atoms with Gasteiger partial charge in [0.05, 0.1) is 0 Å². The van der Waals surface area contributed by atoms with Gasteiger partial charge in [-0.1, -0.05) is 0 Å². The lowest BCUT2D eigenvalue weighted by atomic mass is 10.2. The average molecular weight is 441 g/mol. The molecule has 2 rings (SSSR count). The Balaban J connectivity index is 0.00000242. The van der Waals surface area contributed by atoms with Crippen LogP contribution in [0.1, 0.15) is 45.4 Å². The first kappa shape index (κ1) is 20.4. The zero-order valence-electron chi connectivity index (χ0n) is 14.0. The molecule has 6 heteroatoms. The first-order valence-corrected chi connectivity index (χ1v) is 9.76. The molecule has 4 nitrogen and oxygen atoms in total. The van der Waals surface area contributed by atoms with Crippen molar-refractivity contribution in [3.8, 4) is 0 Å². The lowest BCUT2D eigenvalue weighted by Crippen LogP contribution is -2.42. The summed E-state index contributed by atoms with van der Waals surface area (Å²) in [5.41, 5.74) is 0. The molecule has 2 N–H and O–H groups in total. The first-order chi connectivity index (χ1) is 10.3. The van der Waals surface area contributed by atoms with Crippen molar-refractivity contribution in [3.63, 3.8) is 0 Å². The average Bonchev–Trinajstić information content (AvgIpc) is 3.20. The van der Waals surface area contributed by atoms with E-state index < -0.39 is 0 Å². The standard InChI is InChI=1S/C16H31N3OS.HI/c1-3-17-16(19-14-7-8-15(11-14)21-2)18-9-4-10-20-12-13-5-6-13;/h13-15H,3-12H2,1-2H3,(H2,17,18,19);1H. The minimum Gasteiger partial charge on any atom is -0.381 e. The number of nitrogens with zero attached hydrogens (tertiary/aromatic N) is 1. The molecule has 2 aliphatic rings. The third-order valence-corrected chi connectivity index (χ3v) is 5.26. The number of hydrogen-bond acceptors (Lipinski definition) is 3. The molecular formula is C16H32IN3OS. The predicted octanol–water partition coefficient (Wildman–Crippen LogP) is 3.26. The van der Waals surface area contributed by atoms with E-state index >= 15 is 0 Å². The zero-order chi connectivity index (χ0) is 14.9. The molecule has 0 amide bonds. The summed E-state index contributed by atoms with van der Waals surface area (Å²) in [6, 6.07) is 0.589. The van der Waals surface area contributed by atoms with Gasteiger partial charge in [0.1, 0.15) is 0 Å². The minimum absolute atomic E-state index is 0. The van der Waals surface area contributed by atoms with Crippen molar-refractivity contribution >= 4 is 41.7 Å². The van der Waals surface area contributed by atoms with Crippen LogP contribution in [0.25, 0.3) is 0 Å². The number of halogens is 1. The van der Waals surface area contributed by atoms with E-state index in [0.29, 0.717) is 6.04 Å². The van der Waals surface area contributed by atoms with Gasteiger partial charge in [-0.3, -0.25) is 4.99 Å². The number of ether oxygens (including phenoxy) is 1. The summed E-state index contributed by atoms with van der Waals surface area (Å²) in [6.45, 7) is 5.69. The summed E-state index contributed by atoms with van der Waals surface area (Å²) in [5, 5.41) is 7.76. The van der Waals surface area contributed by atoms with Crippen molar-refractivity contribution in [2.24, 2.45) is 10.9 Å². The molecule has 0 aliphatic heterocycles. The molecule has 0 heterocycles. The van der Waals surface area contributed by atoms with E-state index in [0.717, 1.165) is 49.9 Å². The Kier molecular flexibility index (Phi) is 10.9. The number of nitrogens with one attached hydrogen (secondary N) is 2. The Bertz CT molecular complexity index is 327. The van der Waals surface area contributed by atoms with Gasteiger partial charge in [-0.2, -0.15) is 11.8 Å². The number of guanidine groups is 1. The van der Waals surface area contributed by atoms with E-state index in [4.69, 9.17) is 4.74 Å². The number of hydrogen-bond donors (Lipinski definition) is 2. The summed E-state index contributed by atoms with van der Waals surface area (Å²) in [7, 11) is 0. The highest BCUT2D eigenvalue weighted by Gasteiger charge is 2.24.